The number of hydrogen-bond donors (Lipinski definition) is 1. The van der Waals surface area contributed by atoms with Gasteiger partial charge in [-0.3, -0.25) is 4.98 Å². The van der Waals surface area contributed by atoms with Crippen molar-refractivity contribution in [2.45, 2.75) is 97.0 Å². The highest BCUT2D eigenvalue weighted by Gasteiger charge is 2.60. The van der Waals surface area contributed by atoms with E-state index in [1.165, 1.54) is 56.9 Å². The first-order valence-corrected chi connectivity index (χ1v) is 12.8. The molecule has 0 amide bonds. The standard InChI is InChI=1S/C28H40N2O/c1-26(31)12-13-28(3)22(15-26)6-8-23-24-9-7-21(27(24,2)11-10-25(23)28)5-4-19-14-20(16-29)18-30-17-19/h14,17-18,21-25,31H,4-13,15H2,1-3H3/t21-,22+,23-,24-,25-,26+,27+,28-/m0/s1. The van der Waals surface area contributed by atoms with E-state index >= 15 is 0 Å². The van der Waals surface area contributed by atoms with Crippen molar-refractivity contribution in [1.82, 2.24) is 4.98 Å². The number of hydrogen-bond acceptors (Lipinski definition) is 3. The molecule has 4 aliphatic rings. The minimum Gasteiger partial charge on any atom is -0.390 e. The molecule has 3 nitrogen and oxygen atoms in total. The van der Waals surface area contributed by atoms with E-state index in [0.29, 0.717) is 16.4 Å². The van der Waals surface area contributed by atoms with Crippen LogP contribution in [0.25, 0.3) is 0 Å². The van der Waals surface area contributed by atoms with Crippen molar-refractivity contribution in [1.29, 1.82) is 5.26 Å². The molecule has 3 heteroatoms. The number of pyridine rings is 1. The third kappa shape index (κ3) is 3.54. The Morgan fingerprint density at radius 3 is 2.61 bits per heavy atom. The van der Waals surface area contributed by atoms with Crippen LogP contribution in [0.2, 0.25) is 0 Å². The summed E-state index contributed by atoms with van der Waals surface area (Å²) in [6, 6.07) is 4.26. The van der Waals surface area contributed by atoms with Gasteiger partial charge in [0, 0.05) is 12.4 Å². The number of aromatic nitrogens is 1. The summed E-state index contributed by atoms with van der Waals surface area (Å²) in [5, 5.41) is 19.9. The molecule has 0 aromatic carbocycles. The van der Waals surface area contributed by atoms with Gasteiger partial charge in [0.25, 0.3) is 0 Å². The maximum atomic E-state index is 10.7. The second-order valence-electron chi connectivity index (χ2n) is 12.4. The third-order valence-corrected chi connectivity index (χ3v) is 10.9. The molecule has 0 radical (unpaired) electrons. The topological polar surface area (TPSA) is 56.9 Å². The Morgan fingerprint density at radius 2 is 1.81 bits per heavy atom. The average Bonchev–Trinajstić information content (AvgIpc) is 3.09. The highest BCUT2D eigenvalue weighted by atomic mass is 16.3. The Kier molecular flexibility index (Phi) is 5.25. The lowest BCUT2D eigenvalue weighted by Crippen LogP contribution is -2.55. The molecule has 8 atom stereocenters. The molecule has 4 fully saturated rings. The molecule has 1 aromatic rings. The molecule has 168 valence electrons. The molecule has 0 spiro atoms. The fourth-order valence-corrected chi connectivity index (χ4v) is 9.04. The van der Waals surface area contributed by atoms with Gasteiger partial charge < -0.3 is 5.11 Å². The van der Waals surface area contributed by atoms with Crippen molar-refractivity contribution in [3.8, 4) is 6.07 Å². The van der Waals surface area contributed by atoms with E-state index in [1.54, 1.807) is 6.20 Å². The molecule has 0 aliphatic heterocycles. The van der Waals surface area contributed by atoms with Crippen LogP contribution in [-0.2, 0) is 6.42 Å². The normalized spacial score (nSPS) is 46.5. The van der Waals surface area contributed by atoms with Crippen LogP contribution >= 0.6 is 0 Å². The van der Waals surface area contributed by atoms with Crippen LogP contribution in [0.4, 0.5) is 0 Å². The number of nitriles is 1. The van der Waals surface area contributed by atoms with Crippen LogP contribution in [0.15, 0.2) is 18.5 Å². The molecule has 1 heterocycles. The zero-order chi connectivity index (χ0) is 21.9. The molecular weight excluding hydrogens is 380 g/mol. The monoisotopic (exact) mass is 420 g/mol. The number of nitrogens with zero attached hydrogens (tertiary/aromatic N) is 2. The first-order chi connectivity index (χ1) is 14.7. The largest absolute Gasteiger partial charge is 0.390 e. The summed E-state index contributed by atoms with van der Waals surface area (Å²) in [5.74, 6) is 4.19. The SMILES string of the molecule is C[C@@]1(O)CC[C@@]2(C)[C@H](CC[C@@H]3[C@@H]2CC[C@]2(C)[C@@H](CCc4cncc(C#N)c4)CC[C@@H]32)C1. The lowest BCUT2D eigenvalue weighted by atomic mass is 9.44. The van der Waals surface area contributed by atoms with Crippen molar-refractivity contribution in [2.24, 2.45) is 40.4 Å². The lowest BCUT2D eigenvalue weighted by molar-refractivity contribution is -0.146. The van der Waals surface area contributed by atoms with Crippen LogP contribution in [0, 0.1) is 51.8 Å². The fraction of sp³-hybridized carbons (Fsp3) is 0.786. The van der Waals surface area contributed by atoms with Crippen molar-refractivity contribution < 1.29 is 5.11 Å². The van der Waals surface area contributed by atoms with E-state index in [9.17, 15) is 10.4 Å². The Labute approximate surface area is 188 Å². The van der Waals surface area contributed by atoms with Crippen LogP contribution in [0.5, 0.6) is 0 Å². The van der Waals surface area contributed by atoms with Crippen molar-refractivity contribution in [3.05, 3.63) is 29.6 Å². The molecule has 4 saturated carbocycles. The Hall–Kier alpha value is -1.40. The molecule has 1 aromatic heterocycles. The quantitative estimate of drug-likeness (QED) is 0.624. The van der Waals surface area contributed by atoms with Gasteiger partial charge >= 0.3 is 0 Å². The van der Waals surface area contributed by atoms with Gasteiger partial charge in [0.15, 0.2) is 0 Å². The minimum absolute atomic E-state index is 0.434. The van der Waals surface area contributed by atoms with Gasteiger partial charge in [0.2, 0.25) is 0 Å². The maximum absolute atomic E-state index is 10.7. The Morgan fingerprint density at radius 1 is 1.00 bits per heavy atom. The van der Waals surface area contributed by atoms with Crippen LogP contribution < -0.4 is 0 Å². The Balaban J connectivity index is 1.30. The van der Waals surface area contributed by atoms with Crippen molar-refractivity contribution in [3.63, 3.8) is 0 Å². The second-order valence-corrected chi connectivity index (χ2v) is 12.4. The molecular formula is C28H40N2O. The first kappa shape index (κ1) is 21.4. The van der Waals surface area contributed by atoms with Gasteiger partial charge in [0.05, 0.1) is 11.2 Å². The van der Waals surface area contributed by atoms with Crippen LogP contribution in [0.1, 0.15) is 96.1 Å². The average molecular weight is 421 g/mol. The number of rotatable bonds is 3. The molecule has 1 N–H and O–H groups in total. The van der Waals surface area contributed by atoms with E-state index in [2.05, 4.69) is 31.8 Å². The molecule has 0 unspecified atom stereocenters. The number of aliphatic hydroxyl groups is 1. The molecule has 4 aliphatic carbocycles. The van der Waals surface area contributed by atoms with Gasteiger partial charge in [-0.15, -0.1) is 0 Å². The summed E-state index contributed by atoms with van der Waals surface area (Å²) in [7, 11) is 0. The highest BCUT2D eigenvalue weighted by molar-refractivity contribution is 5.29. The zero-order valence-electron chi connectivity index (χ0n) is 19.7. The summed E-state index contributed by atoms with van der Waals surface area (Å²) in [6.45, 7) is 7.28. The smallest absolute Gasteiger partial charge is 0.101 e. The van der Waals surface area contributed by atoms with E-state index in [0.717, 1.165) is 48.9 Å². The van der Waals surface area contributed by atoms with E-state index in [-0.39, 0.29) is 0 Å². The van der Waals surface area contributed by atoms with E-state index in [4.69, 9.17) is 0 Å². The summed E-state index contributed by atoms with van der Waals surface area (Å²) in [5.41, 5.74) is 2.42. The number of aryl methyl sites for hydroxylation is 1. The van der Waals surface area contributed by atoms with Gasteiger partial charge in [-0.25, -0.2) is 0 Å². The predicted molar refractivity (Wildman–Crippen MR) is 123 cm³/mol. The molecule has 0 saturated heterocycles. The third-order valence-electron chi connectivity index (χ3n) is 10.9. The van der Waals surface area contributed by atoms with Gasteiger partial charge in [-0.2, -0.15) is 5.26 Å². The van der Waals surface area contributed by atoms with Gasteiger partial charge in [-0.05, 0) is 130 Å². The second kappa shape index (κ2) is 7.58. The van der Waals surface area contributed by atoms with E-state index < -0.39 is 5.60 Å². The molecule has 0 bridgehead atoms. The maximum Gasteiger partial charge on any atom is 0.101 e. The summed E-state index contributed by atoms with van der Waals surface area (Å²) < 4.78 is 0. The Bertz CT molecular complexity index is 872. The van der Waals surface area contributed by atoms with Crippen LogP contribution in [-0.4, -0.2) is 15.7 Å². The summed E-state index contributed by atoms with van der Waals surface area (Å²) in [6.07, 6.45) is 17.4. The zero-order valence-corrected chi connectivity index (χ0v) is 19.7. The van der Waals surface area contributed by atoms with Crippen LogP contribution in [0.3, 0.4) is 0 Å². The summed E-state index contributed by atoms with van der Waals surface area (Å²) >= 11 is 0. The van der Waals surface area contributed by atoms with Crippen molar-refractivity contribution >= 4 is 0 Å². The molecule has 31 heavy (non-hydrogen) atoms. The fourth-order valence-electron chi connectivity index (χ4n) is 9.04. The number of fused-ring (bicyclic) bond motifs is 5. The molecule has 5 rings (SSSR count). The highest BCUT2D eigenvalue weighted by Crippen LogP contribution is 2.68. The van der Waals surface area contributed by atoms with E-state index in [1.807, 2.05) is 12.3 Å². The van der Waals surface area contributed by atoms with Gasteiger partial charge in [0.1, 0.15) is 6.07 Å². The van der Waals surface area contributed by atoms with Crippen molar-refractivity contribution in [2.75, 3.05) is 0 Å². The minimum atomic E-state index is -0.434. The lowest BCUT2D eigenvalue weighted by Gasteiger charge is -2.62. The summed E-state index contributed by atoms with van der Waals surface area (Å²) in [4.78, 5) is 4.27. The first-order valence-electron chi connectivity index (χ1n) is 12.8. The predicted octanol–water partition coefficient (Wildman–Crippen LogP) is 6.30. The van der Waals surface area contributed by atoms with Gasteiger partial charge in [-0.1, -0.05) is 13.8 Å².